The highest BCUT2D eigenvalue weighted by Crippen LogP contribution is 2.37. The molecule has 1 aromatic carbocycles. The third-order valence-electron chi connectivity index (χ3n) is 6.37. The number of aryl methyl sites for hydroxylation is 1. The molecule has 1 fully saturated rings. The quantitative estimate of drug-likeness (QED) is 0.248. The number of hydrogen-bond acceptors (Lipinski definition) is 6. The molecular weight excluding hydrogens is 468 g/mol. The number of esters is 1. The Labute approximate surface area is 212 Å². The maximum Gasteiger partial charge on any atom is 0.315 e. The molecule has 0 saturated heterocycles. The van der Waals surface area contributed by atoms with E-state index in [2.05, 4.69) is 5.32 Å². The molecule has 1 heterocycles. The van der Waals surface area contributed by atoms with Crippen molar-refractivity contribution in [1.82, 2.24) is 4.98 Å². The Morgan fingerprint density at radius 3 is 2.60 bits per heavy atom. The van der Waals surface area contributed by atoms with Gasteiger partial charge in [0.25, 0.3) is 0 Å². The van der Waals surface area contributed by atoms with Gasteiger partial charge in [0.05, 0.1) is 23.0 Å². The summed E-state index contributed by atoms with van der Waals surface area (Å²) >= 11 is 6.63. The minimum atomic E-state index is -0.566. The van der Waals surface area contributed by atoms with Gasteiger partial charge in [0, 0.05) is 25.1 Å². The van der Waals surface area contributed by atoms with Crippen molar-refractivity contribution in [2.75, 3.05) is 25.8 Å². The van der Waals surface area contributed by atoms with Crippen molar-refractivity contribution in [2.45, 2.75) is 71.6 Å². The van der Waals surface area contributed by atoms with Crippen LogP contribution in [0.2, 0.25) is 5.02 Å². The van der Waals surface area contributed by atoms with E-state index in [-0.39, 0.29) is 19.8 Å². The molecule has 0 bridgehead atoms. The van der Waals surface area contributed by atoms with Crippen molar-refractivity contribution in [3.8, 4) is 5.75 Å². The molecular formula is C27H35ClN2O5. The fourth-order valence-corrected chi connectivity index (χ4v) is 4.81. The number of ether oxygens (including phenoxy) is 3. The van der Waals surface area contributed by atoms with E-state index in [1.807, 2.05) is 32.0 Å². The number of hydrogen-bond donors (Lipinski definition) is 1. The monoisotopic (exact) mass is 502 g/mol. The van der Waals surface area contributed by atoms with Gasteiger partial charge >= 0.3 is 5.97 Å². The predicted octanol–water partition coefficient (Wildman–Crippen LogP) is 5.86. The average Bonchev–Trinajstić information content (AvgIpc) is 2.84. The molecule has 1 aromatic heterocycles. The highest BCUT2D eigenvalue weighted by Gasteiger charge is 2.22. The molecule has 7 nitrogen and oxygen atoms in total. The predicted molar refractivity (Wildman–Crippen MR) is 136 cm³/mol. The van der Waals surface area contributed by atoms with Gasteiger partial charge in [-0.2, -0.15) is 0 Å². The maximum atomic E-state index is 12.2. The van der Waals surface area contributed by atoms with Crippen LogP contribution in [0.4, 0.5) is 5.69 Å². The van der Waals surface area contributed by atoms with Crippen LogP contribution < -0.4 is 10.1 Å². The van der Waals surface area contributed by atoms with E-state index in [0.717, 1.165) is 46.7 Å². The summed E-state index contributed by atoms with van der Waals surface area (Å²) in [5.41, 5.74) is 5.35. The van der Waals surface area contributed by atoms with Crippen molar-refractivity contribution >= 4 is 29.2 Å². The fourth-order valence-electron chi connectivity index (χ4n) is 4.59. The summed E-state index contributed by atoms with van der Waals surface area (Å²) in [7, 11) is 1.61. The number of rotatable bonds is 10. The van der Waals surface area contributed by atoms with E-state index in [0.29, 0.717) is 23.0 Å². The van der Waals surface area contributed by atoms with Crippen LogP contribution in [0.15, 0.2) is 18.2 Å². The Bertz CT molecular complexity index is 1050. The molecule has 0 spiro atoms. The summed E-state index contributed by atoms with van der Waals surface area (Å²) in [4.78, 5) is 28.9. The number of aromatic nitrogens is 1. The topological polar surface area (TPSA) is 86.8 Å². The summed E-state index contributed by atoms with van der Waals surface area (Å²) in [5.74, 6) is 0.151. The van der Waals surface area contributed by atoms with E-state index < -0.39 is 11.9 Å². The lowest BCUT2D eigenvalue weighted by Crippen LogP contribution is -2.18. The fraction of sp³-hybridized carbons (Fsp3) is 0.519. The second-order valence-corrected chi connectivity index (χ2v) is 9.32. The Balaban J connectivity index is 1.83. The molecule has 1 aliphatic rings. The first kappa shape index (κ1) is 27.0. The molecule has 8 heteroatoms. The summed E-state index contributed by atoms with van der Waals surface area (Å²) in [6.07, 6.45) is 6.17. The number of benzene rings is 1. The zero-order chi connectivity index (χ0) is 25.4. The molecule has 1 saturated carbocycles. The van der Waals surface area contributed by atoms with Crippen molar-refractivity contribution in [3.05, 3.63) is 51.3 Å². The lowest BCUT2D eigenvalue weighted by molar-refractivity contribution is -0.145. The zero-order valence-electron chi connectivity index (χ0n) is 21.0. The SMILES string of the molecule is CCOC(=O)CC(=O)Nc1cc(C)c(Cc2ccc(OCOC)c(C3CCCCC3)n2)c(C)c1Cl. The zero-order valence-corrected chi connectivity index (χ0v) is 21.8. The van der Waals surface area contributed by atoms with Crippen LogP contribution in [-0.4, -0.2) is 37.4 Å². The first-order valence-corrected chi connectivity index (χ1v) is 12.6. The van der Waals surface area contributed by atoms with E-state index in [1.54, 1.807) is 14.0 Å². The number of nitrogens with one attached hydrogen (secondary N) is 1. The van der Waals surface area contributed by atoms with Crippen LogP contribution >= 0.6 is 11.6 Å². The van der Waals surface area contributed by atoms with Crippen molar-refractivity contribution in [1.29, 1.82) is 0 Å². The van der Waals surface area contributed by atoms with Gasteiger partial charge in [-0.25, -0.2) is 0 Å². The van der Waals surface area contributed by atoms with Crippen LogP contribution in [0, 0.1) is 13.8 Å². The number of carbonyl (C=O) groups is 2. The Morgan fingerprint density at radius 2 is 1.91 bits per heavy atom. The normalized spacial score (nSPS) is 14.0. The van der Waals surface area contributed by atoms with Gasteiger partial charge in [0.1, 0.15) is 12.2 Å². The van der Waals surface area contributed by atoms with Gasteiger partial charge in [-0.05, 0) is 68.5 Å². The summed E-state index contributed by atoms with van der Waals surface area (Å²) in [5, 5.41) is 3.19. The number of methoxy groups -OCH3 is 1. The number of amides is 1. The lowest BCUT2D eigenvalue weighted by atomic mass is 9.86. The van der Waals surface area contributed by atoms with E-state index >= 15 is 0 Å². The van der Waals surface area contributed by atoms with E-state index in [1.165, 1.54) is 19.3 Å². The van der Waals surface area contributed by atoms with E-state index in [4.69, 9.17) is 30.8 Å². The molecule has 1 amide bonds. The summed E-state index contributed by atoms with van der Waals surface area (Å²) in [6, 6.07) is 5.81. The van der Waals surface area contributed by atoms with Gasteiger partial charge in [-0.1, -0.05) is 30.9 Å². The molecule has 190 valence electrons. The Morgan fingerprint density at radius 1 is 1.17 bits per heavy atom. The first-order chi connectivity index (χ1) is 16.8. The minimum absolute atomic E-state index is 0.192. The van der Waals surface area contributed by atoms with Crippen molar-refractivity contribution in [3.63, 3.8) is 0 Å². The van der Waals surface area contributed by atoms with Gasteiger partial charge in [-0.15, -0.1) is 0 Å². The lowest BCUT2D eigenvalue weighted by Gasteiger charge is -2.24. The third kappa shape index (κ3) is 7.18. The van der Waals surface area contributed by atoms with E-state index in [9.17, 15) is 9.59 Å². The van der Waals surface area contributed by atoms with Crippen molar-refractivity contribution < 1.29 is 23.8 Å². The van der Waals surface area contributed by atoms with Crippen LogP contribution in [0.3, 0.4) is 0 Å². The molecule has 35 heavy (non-hydrogen) atoms. The second-order valence-electron chi connectivity index (χ2n) is 8.94. The van der Waals surface area contributed by atoms with Crippen LogP contribution in [0.25, 0.3) is 0 Å². The number of nitrogens with zero attached hydrogens (tertiary/aromatic N) is 1. The summed E-state index contributed by atoms with van der Waals surface area (Å²) in [6.45, 7) is 6.04. The highest BCUT2D eigenvalue weighted by atomic mass is 35.5. The second kappa shape index (κ2) is 12.9. The largest absolute Gasteiger partial charge is 0.466 e. The minimum Gasteiger partial charge on any atom is -0.466 e. The average molecular weight is 503 g/mol. The van der Waals surface area contributed by atoms with Gasteiger partial charge in [0.2, 0.25) is 5.91 Å². The molecule has 0 atom stereocenters. The molecule has 0 aliphatic heterocycles. The molecule has 1 N–H and O–H groups in total. The molecule has 0 unspecified atom stereocenters. The van der Waals surface area contributed by atoms with Crippen LogP contribution in [0.1, 0.15) is 79.4 Å². The molecule has 3 rings (SSSR count). The number of anilines is 1. The van der Waals surface area contributed by atoms with Crippen LogP contribution in [-0.2, 0) is 25.5 Å². The maximum absolute atomic E-state index is 12.2. The number of carbonyl (C=O) groups excluding carboxylic acids is 2. The van der Waals surface area contributed by atoms with Crippen LogP contribution in [0.5, 0.6) is 5.75 Å². The standard InChI is InChI=1S/C27H35ClN2O5/c1-5-34-25(32)15-24(31)30-22-13-17(2)21(18(3)26(22)28)14-20-11-12-23(35-16-33-4)27(29-20)19-9-7-6-8-10-19/h11-13,19H,5-10,14-16H2,1-4H3,(H,30,31). The third-order valence-corrected chi connectivity index (χ3v) is 6.85. The Kier molecular flexibility index (Phi) is 9.93. The van der Waals surface area contributed by atoms with Crippen molar-refractivity contribution in [2.24, 2.45) is 0 Å². The Hall–Kier alpha value is -2.64. The molecule has 2 aromatic rings. The smallest absolute Gasteiger partial charge is 0.315 e. The van der Waals surface area contributed by atoms with Gasteiger partial charge < -0.3 is 19.5 Å². The number of halogens is 1. The summed E-state index contributed by atoms with van der Waals surface area (Å²) < 4.78 is 15.8. The van der Waals surface area contributed by atoms with Gasteiger partial charge in [0.15, 0.2) is 6.79 Å². The first-order valence-electron chi connectivity index (χ1n) is 12.2. The highest BCUT2D eigenvalue weighted by molar-refractivity contribution is 6.34. The molecule has 0 radical (unpaired) electrons. The molecule has 1 aliphatic carbocycles. The number of pyridine rings is 1. The van der Waals surface area contributed by atoms with Gasteiger partial charge in [-0.3, -0.25) is 14.6 Å².